The molecule has 92 valence electrons. The van der Waals surface area contributed by atoms with Gasteiger partial charge in [0.15, 0.2) is 0 Å². The minimum absolute atomic E-state index is 0.00338. The number of aromatic amines is 1. The van der Waals surface area contributed by atoms with E-state index in [0.29, 0.717) is 0 Å². The number of nitrogen functional groups attached to an aromatic ring is 1. The second-order valence-electron chi connectivity index (χ2n) is 3.72. The molecular weight excluding hydrogens is 232 g/mol. The molecule has 7 nitrogen and oxygen atoms in total. The highest BCUT2D eigenvalue weighted by molar-refractivity contribution is 7.89. The number of anilines is 1. The Kier molecular flexibility index (Phi) is 3.89. The molecule has 0 aliphatic carbocycles. The minimum atomic E-state index is -3.68. The zero-order valence-corrected chi connectivity index (χ0v) is 9.95. The molecule has 0 spiro atoms. The van der Waals surface area contributed by atoms with Gasteiger partial charge in [-0.15, -0.1) is 0 Å². The zero-order chi connectivity index (χ0) is 12.3. The highest BCUT2D eigenvalue weighted by Gasteiger charge is 2.23. The summed E-state index contributed by atoms with van der Waals surface area (Å²) in [5.41, 5.74) is 5.42. The van der Waals surface area contributed by atoms with Crippen molar-refractivity contribution < 1.29 is 13.5 Å². The number of aromatic nitrogens is 2. The number of aliphatic hydroxyl groups is 1. The summed E-state index contributed by atoms with van der Waals surface area (Å²) in [6, 6.07) is -0.385. The van der Waals surface area contributed by atoms with Crippen LogP contribution < -0.4 is 10.5 Å². The Morgan fingerprint density at radius 2 is 2.25 bits per heavy atom. The topological polar surface area (TPSA) is 121 Å². The van der Waals surface area contributed by atoms with Crippen LogP contribution in [0.3, 0.4) is 0 Å². The van der Waals surface area contributed by atoms with E-state index in [2.05, 4.69) is 14.9 Å². The van der Waals surface area contributed by atoms with Crippen molar-refractivity contribution in [2.24, 2.45) is 5.92 Å². The Morgan fingerprint density at radius 1 is 1.62 bits per heavy atom. The van der Waals surface area contributed by atoms with Crippen LogP contribution in [0.25, 0.3) is 0 Å². The van der Waals surface area contributed by atoms with Gasteiger partial charge >= 0.3 is 0 Å². The number of rotatable bonds is 5. The predicted molar refractivity (Wildman–Crippen MR) is 59.0 cm³/mol. The monoisotopic (exact) mass is 248 g/mol. The standard InChI is InChI=1S/C8H16N4O3S/c1-5(4-13)6(2)12-16(14,15)7-3-10-11-8(7)9/h3,5-6,12-13H,4H2,1-2H3,(H3,9,10,11). The van der Waals surface area contributed by atoms with Gasteiger partial charge in [0.05, 0.1) is 6.20 Å². The number of hydrogen-bond donors (Lipinski definition) is 4. The number of nitrogens with two attached hydrogens (primary N) is 1. The first-order valence-corrected chi connectivity index (χ1v) is 6.29. The van der Waals surface area contributed by atoms with Crippen molar-refractivity contribution in [2.75, 3.05) is 12.3 Å². The highest BCUT2D eigenvalue weighted by Crippen LogP contribution is 2.15. The van der Waals surface area contributed by atoms with Crippen LogP contribution in [-0.4, -0.2) is 36.4 Å². The molecule has 1 aromatic rings. The van der Waals surface area contributed by atoms with Gasteiger partial charge in [0.2, 0.25) is 10.0 Å². The fourth-order valence-electron chi connectivity index (χ4n) is 1.08. The average Bonchev–Trinajstić information content (AvgIpc) is 2.63. The molecule has 0 aromatic carbocycles. The average molecular weight is 248 g/mol. The maximum absolute atomic E-state index is 11.8. The van der Waals surface area contributed by atoms with Gasteiger partial charge in [-0.1, -0.05) is 6.92 Å². The second-order valence-corrected chi connectivity index (χ2v) is 5.40. The van der Waals surface area contributed by atoms with E-state index in [0.717, 1.165) is 6.20 Å². The van der Waals surface area contributed by atoms with Gasteiger partial charge in [0.1, 0.15) is 10.7 Å². The third-order valence-corrected chi connectivity index (χ3v) is 3.99. The first kappa shape index (κ1) is 12.9. The van der Waals surface area contributed by atoms with E-state index in [1.165, 1.54) is 0 Å². The molecule has 2 atom stereocenters. The van der Waals surface area contributed by atoms with E-state index < -0.39 is 10.0 Å². The maximum Gasteiger partial charge on any atom is 0.246 e. The number of sulfonamides is 1. The molecule has 8 heteroatoms. The summed E-state index contributed by atoms with van der Waals surface area (Å²) in [5.74, 6) is -0.181. The normalized spacial score (nSPS) is 15.9. The molecular formula is C8H16N4O3S. The van der Waals surface area contributed by atoms with Crippen molar-refractivity contribution in [1.82, 2.24) is 14.9 Å². The lowest BCUT2D eigenvalue weighted by atomic mass is 10.1. The Bertz CT molecular complexity index is 442. The largest absolute Gasteiger partial charge is 0.396 e. The Morgan fingerprint density at radius 3 is 2.69 bits per heavy atom. The lowest BCUT2D eigenvalue weighted by Gasteiger charge is -2.18. The number of hydrogen-bond acceptors (Lipinski definition) is 5. The predicted octanol–water partition coefficient (Wildman–Crippen LogP) is -0.713. The molecule has 1 heterocycles. The van der Waals surface area contributed by atoms with Gasteiger partial charge in [-0.2, -0.15) is 5.10 Å². The zero-order valence-electron chi connectivity index (χ0n) is 9.14. The lowest BCUT2D eigenvalue weighted by Crippen LogP contribution is -2.38. The van der Waals surface area contributed by atoms with Crippen LogP contribution in [0.5, 0.6) is 0 Å². The fourth-order valence-corrected chi connectivity index (χ4v) is 2.46. The second kappa shape index (κ2) is 4.81. The van der Waals surface area contributed by atoms with Crippen molar-refractivity contribution in [3.8, 4) is 0 Å². The van der Waals surface area contributed by atoms with Gasteiger partial charge in [0.25, 0.3) is 0 Å². The maximum atomic E-state index is 11.8. The summed E-state index contributed by atoms with van der Waals surface area (Å²) in [6.07, 6.45) is 1.15. The van der Waals surface area contributed by atoms with Crippen molar-refractivity contribution in [3.05, 3.63) is 6.20 Å². The van der Waals surface area contributed by atoms with Crippen molar-refractivity contribution in [3.63, 3.8) is 0 Å². The minimum Gasteiger partial charge on any atom is -0.396 e. The van der Waals surface area contributed by atoms with Crippen LogP contribution in [0, 0.1) is 5.92 Å². The number of H-pyrrole nitrogens is 1. The molecule has 16 heavy (non-hydrogen) atoms. The van der Waals surface area contributed by atoms with Crippen LogP contribution in [0.2, 0.25) is 0 Å². The van der Waals surface area contributed by atoms with Gasteiger partial charge < -0.3 is 10.8 Å². The molecule has 0 saturated heterocycles. The Hall–Kier alpha value is -1.12. The van der Waals surface area contributed by atoms with E-state index >= 15 is 0 Å². The van der Waals surface area contributed by atoms with E-state index in [1.54, 1.807) is 13.8 Å². The van der Waals surface area contributed by atoms with E-state index in [1.807, 2.05) is 0 Å². The van der Waals surface area contributed by atoms with Crippen LogP contribution in [0.4, 0.5) is 5.82 Å². The molecule has 0 aliphatic rings. The van der Waals surface area contributed by atoms with Crippen molar-refractivity contribution in [2.45, 2.75) is 24.8 Å². The molecule has 0 fully saturated rings. The Labute approximate surface area is 94.1 Å². The quantitative estimate of drug-likeness (QED) is 0.548. The van der Waals surface area contributed by atoms with Crippen molar-refractivity contribution >= 4 is 15.8 Å². The number of nitrogens with zero attached hydrogens (tertiary/aromatic N) is 1. The summed E-state index contributed by atoms with van der Waals surface area (Å²) in [5, 5.41) is 14.8. The smallest absolute Gasteiger partial charge is 0.246 e. The first-order chi connectivity index (χ1) is 7.38. The van der Waals surface area contributed by atoms with Gasteiger partial charge in [-0.25, -0.2) is 13.1 Å². The van der Waals surface area contributed by atoms with Crippen LogP contribution in [0.15, 0.2) is 11.1 Å². The summed E-state index contributed by atoms with van der Waals surface area (Å²) < 4.78 is 26.0. The molecule has 0 bridgehead atoms. The third kappa shape index (κ3) is 2.71. The lowest BCUT2D eigenvalue weighted by molar-refractivity contribution is 0.216. The molecule has 0 saturated carbocycles. The van der Waals surface area contributed by atoms with Gasteiger partial charge in [-0.05, 0) is 12.8 Å². The van der Waals surface area contributed by atoms with Crippen LogP contribution in [-0.2, 0) is 10.0 Å². The SMILES string of the molecule is CC(CO)C(C)NS(=O)(=O)c1cn[nH]c1N. The fraction of sp³-hybridized carbons (Fsp3) is 0.625. The van der Waals surface area contributed by atoms with Gasteiger partial charge in [0, 0.05) is 12.6 Å². The van der Waals surface area contributed by atoms with Gasteiger partial charge in [-0.3, -0.25) is 5.10 Å². The molecule has 5 N–H and O–H groups in total. The Balaban J connectivity index is 2.85. The number of aliphatic hydroxyl groups excluding tert-OH is 1. The number of nitrogens with one attached hydrogen (secondary N) is 2. The third-order valence-electron chi connectivity index (χ3n) is 2.40. The molecule has 1 aromatic heterocycles. The van der Waals surface area contributed by atoms with E-state index in [-0.39, 0.29) is 29.3 Å². The highest BCUT2D eigenvalue weighted by atomic mass is 32.2. The summed E-state index contributed by atoms with van der Waals surface area (Å²) in [7, 11) is -3.68. The van der Waals surface area contributed by atoms with Crippen molar-refractivity contribution in [1.29, 1.82) is 0 Å². The van der Waals surface area contributed by atoms with Crippen LogP contribution >= 0.6 is 0 Å². The molecule has 0 amide bonds. The van der Waals surface area contributed by atoms with E-state index in [4.69, 9.17) is 10.8 Å². The molecule has 0 radical (unpaired) electrons. The molecule has 0 aliphatic heterocycles. The first-order valence-electron chi connectivity index (χ1n) is 4.80. The molecule has 1 rings (SSSR count). The summed E-state index contributed by atoms with van der Waals surface area (Å²) >= 11 is 0. The molecule has 2 unspecified atom stereocenters. The summed E-state index contributed by atoms with van der Waals surface area (Å²) in [4.78, 5) is -0.0792. The summed E-state index contributed by atoms with van der Waals surface area (Å²) in [6.45, 7) is 3.32. The van der Waals surface area contributed by atoms with Crippen LogP contribution in [0.1, 0.15) is 13.8 Å². The van der Waals surface area contributed by atoms with E-state index in [9.17, 15) is 8.42 Å².